The molecule has 18 nitrogen and oxygen atoms in total. The van der Waals surface area contributed by atoms with Gasteiger partial charge >= 0.3 is 52.5 Å². The second-order valence-corrected chi connectivity index (χ2v) is 20.7. The molecule has 0 fully saturated rings. The molecule has 0 aliphatic heterocycles. The molecule has 7 aromatic rings. The molecule has 7 aromatic carbocycles. The van der Waals surface area contributed by atoms with E-state index in [1.54, 1.807) is 24.3 Å². The number of hydrogen-bond acceptors (Lipinski definition) is 14. The number of carbonyl (C=O) groups is 2. The highest BCUT2D eigenvalue weighted by Crippen LogP contribution is 2.28. The molecule has 0 radical (unpaired) electrons. The summed E-state index contributed by atoms with van der Waals surface area (Å²) in [5.41, 5.74) is 2.24. The van der Waals surface area contributed by atoms with Crippen LogP contribution in [0.3, 0.4) is 0 Å². The number of amides is 4. The number of hydrogen-bond donors (Lipinski definition) is 4. The van der Waals surface area contributed by atoms with Gasteiger partial charge in [0.25, 0.3) is 0 Å². The topological polar surface area (TPSA) is 256 Å². The third-order valence-corrected chi connectivity index (χ3v) is 14.2. The van der Waals surface area contributed by atoms with E-state index in [0.29, 0.717) is 0 Å². The number of benzene rings is 7. The number of nitrogens with one attached hydrogen (secondary N) is 4. The molecule has 0 bridgehead atoms. The highest BCUT2D eigenvalue weighted by molar-refractivity contribution is 7.88. The maximum Gasteiger partial charge on any atom is 0.339 e. The van der Waals surface area contributed by atoms with Crippen LogP contribution in [0.2, 0.25) is 0 Å². The Morgan fingerprint density at radius 3 is 0.853 bits per heavy atom. The molecule has 350 valence electrons. The van der Waals surface area contributed by atoms with Crippen LogP contribution in [-0.4, -0.2) is 45.7 Å². The average molecular weight is 999 g/mol. The van der Waals surface area contributed by atoms with Gasteiger partial charge in [-0.25, -0.2) is 9.59 Å². The lowest BCUT2D eigenvalue weighted by molar-refractivity contribution is 0.261. The van der Waals surface area contributed by atoms with Crippen LogP contribution in [0.15, 0.2) is 189 Å². The van der Waals surface area contributed by atoms with Crippen molar-refractivity contribution in [1.82, 2.24) is 0 Å². The fourth-order valence-corrected chi connectivity index (χ4v) is 9.84. The van der Waals surface area contributed by atoms with Gasteiger partial charge < -0.3 is 38.0 Å². The summed E-state index contributed by atoms with van der Waals surface area (Å²) in [6.45, 7) is 3.62. The van der Waals surface area contributed by atoms with E-state index < -0.39 is 62.3 Å². The zero-order chi connectivity index (χ0) is 48.7. The van der Waals surface area contributed by atoms with Crippen LogP contribution in [0.4, 0.5) is 32.3 Å². The van der Waals surface area contributed by atoms with Crippen LogP contribution < -0.4 is 38.0 Å². The Hall–Kier alpha value is -7.92. The molecule has 0 unspecified atom stereocenters. The maximum atomic E-state index is 13.4. The summed E-state index contributed by atoms with van der Waals surface area (Å²) in [4.78, 5) is 24.5. The molecule has 4 N–H and O–H groups in total. The average Bonchev–Trinajstić information content (AvgIpc) is 3.26. The molecule has 0 atom stereocenters. The number of carbonyl (C=O) groups excluding carboxylic acids is 2. The fraction of sp³-hybridized carbons (Fsp3) is 0.0435. The molecule has 0 aliphatic carbocycles. The van der Waals surface area contributed by atoms with E-state index in [-0.39, 0.29) is 55.5 Å². The molecule has 7 rings (SSSR count). The van der Waals surface area contributed by atoms with E-state index in [0.717, 1.165) is 35.4 Å². The van der Waals surface area contributed by atoms with Crippen LogP contribution in [0.25, 0.3) is 0 Å². The lowest BCUT2D eigenvalue weighted by Gasteiger charge is -2.12. The summed E-state index contributed by atoms with van der Waals surface area (Å²) in [5.74, 6) is -0.628. The van der Waals surface area contributed by atoms with Gasteiger partial charge in [0.15, 0.2) is 0 Å². The van der Waals surface area contributed by atoms with E-state index in [1.165, 1.54) is 121 Å². The second-order valence-electron chi connectivity index (χ2n) is 14.5. The summed E-state index contributed by atoms with van der Waals surface area (Å²) in [6, 6.07) is 36.6. The minimum atomic E-state index is -4.68. The van der Waals surface area contributed by atoms with Crippen molar-refractivity contribution in [3.05, 3.63) is 181 Å². The van der Waals surface area contributed by atoms with Gasteiger partial charge in [0, 0.05) is 47.0 Å². The first kappa shape index (κ1) is 48.0. The monoisotopic (exact) mass is 998 g/mol. The Morgan fingerprint density at radius 2 is 0.574 bits per heavy atom. The van der Waals surface area contributed by atoms with Gasteiger partial charge in [-0.15, -0.1) is 0 Å². The molecule has 0 aromatic heterocycles. The third-order valence-electron chi connectivity index (χ3n) is 9.19. The molecule has 0 spiro atoms. The standard InChI is InChI=1S/C46H38N4O14S4/c1-31-18-22-41(23-19-31)65(53,54)61-37-12-3-8-33(26-37)47-45(51)49-35-10-5-14-39(28-35)63-67(57,58)43-16-7-17-44(30-43)68(59,60)64-40-15-6-11-36(29-40)50-46(52)48-34-9-4-13-38(27-34)62-66(55,56)42-24-20-32(2)21-25-42/h3-30H,1-2H3,(H2,47,49,51)(H2,48,50,52). The van der Waals surface area contributed by atoms with Crippen LogP contribution >= 0.6 is 0 Å². The van der Waals surface area contributed by atoms with Crippen molar-refractivity contribution in [2.45, 2.75) is 33.4 Å². The first-order valence-corrected chi connectivity index (χ1v) is 25.4. The van der Waals surface area contributed by atoms with Crippen LogP contribution in [0.5, 0.6) is 23.0 Å². The highest BCUT2D eigenvalue weighted by atomic mass is 32.2. The van der Waals surface area contributed by atoms with Gasteiger partial charge in [-0.3, -0.25) is 0 Å². The van der Waals surface area contributed by atoms with Crippen LogP contribution in [0.1, 0.15) is 11.1 Å². The van der Waals surface area contributed by atoms with E-state index in [1.807, 2.05) is 13.8 Å². The minimum Gasteiger partial charge on any atom is -0.379 e. The normalized spacial score (nSPS) is 11.7. The summed E-state index contributed by atoms with van der Waals surface area (Å²) in [6.07, 6.45) is 0. The number of urea groups is 2. The van der Waals surface area contributed by atoms with Crippen molar-refractivity contribution >= 4 is 75.3 Å². The minimum absolute atomic E-state index is 0.0560. The molecule has 0 saturated carbocycles. The Balaban J connectivity index is 0.946. The summed E-state index contributed by atoms with van der Waals surface area (Å²) >= 11 is 0. The van der Waals surface area contributed by atoms with Crippen molar-refractivity contribution in [3.63, 3.8) is 0 Å². The smallest absolute Gasteiger partial charge is 0.339 e. The SMILES string of the molecule is Cc1ccc(S(=O)(=O)Oc2cccc(NC(=O)Nc3cccc(OS(=O)(=O)c4cccc(S(=O)(=O)Oc5cccc(NC(=O)Nc6cccc(OS(=O)(=O)c7ccc(C)cc7)c6)c5)c4)c3)c2)cc1. The Labute approximate surface area is 392 Å². The number of aryl methyl sites for hydroxylation is 2. The van der Waals surface area contributed by atoms with Crippen molar-refractivity contribution in [1.29, 1.82) is 0 Å². The van der Waals surface area contributed by atoms with Crippen molar-refractivity contribution in [2.75, 3.05) is 21.3 Å². The Kier molecular flexibility index (Phi) is 14.1. The lowest BCUT2D eigenvalue weighted by Crippen LogP contribution is -2.19. The fourth-order valence-electron chi connectivity index (χ4n) is 5.98. The van der Waals surface area contributed by atoms with Gasteiger partial charge in [-0.1, -0.05) is 65.7 Å². The second kappa shape index (κ2) is 19.9. The largest absolute Gasteiger partial charge is 0.379 e. The number of anilines is 4. The highest BCUT2D eigenvalue weighted by Gasteiger charge is 2.24. The van der Waals surface area contributed by atoms with Gasteiger partial charge in [0.05, 0.1) is 0 Å². The van der Waals surface area contributed by atoms with Gasteiger partial charge in [0.1, 0.15) is 42.6 Å². The predicted molar refractivity (Wildman–Crippen MR) is 251 cm³/mol. The first-order valence-electron chi connectivity index (χ1n) is 19.8. The molecule has 0 aliphatic rings. The van der Waals surface area contributed by atoms with Crippen molar-refractivity contribution in [3.8, 4) is 23.0 Å². The van der Waals surface area contributed by atoms with Gasteiger partial charge in [0.2, 0.25) is 0 Å². The molecular weight excluding hydrogens is 961 g/mol. The van der Waals surface area contributed by atoms with Crippen molar-refractivity contribution < 1.29 is 60.0 Å². The Bertz CT molecular complexity index is 3250. The number of rotatable bonds is 16. The van der Waals surface area contributed by atoms with Crippen LogP contribution in [-0.2, 0) is 40.5 Å². The molecule has 22 heteroatoms. The van der Waals surface area contributed by atoms with Gasteiger partial charge in [-0.2, -0.15) is 33.7 Å². The third kappa shape index (κ3) is 12.7. The van der Waals surface area contributed by atoms with Crippen molar-refractivity contribution in [2.24, 2.45) is 0 Å². The lowest BCUT2D eigenvalue weighted by atomic mass is 10.2. The molecule has 68 heavy (non-hydrogen) atoms. The molecule has 0 saturated heterocycles. The molecule has 0 heterocycles. The van der Waals surface area contributed by atoms with E-state index >= 15 is 0 Å². The zero-order valence-electron chi connectivity index (χ0n) is 35.5. The summed E-state index contributed by atoms with van der Waals surface area (Å²) in [7, 11) is -17.7. The molecular formula is C46H38N4O14S4. The van der Waals surface area contributed by atoms with E-state index in [9.17, 15) is 43.3 Å². The first-order chi connectivity index (χ1) is 32.2. The summed E-state index contributed by atoms with van der Waals surface area (Å²) < 4.78 is 126. The maximum absolute atomic E-state index is 13.4. The van der Waals surface area contributed by atoms with Crippen LogP contribution in [0, 0.1) is 13.8 Å². The summed E-state index contributed by atoms with van der Waals surface area (Å²) in [5, 5.41) is 10.1. The predicted octanol–water partition coefficient (Wildman–Crippen LogP) is 8.66. The molecule has 4 amide bonds. The van der Waals surface area contributed by atoms with E-state index in [4.69, 9.17) is 16.7 Å². The quantitative estimate of drug-likeness (QED) is 0.0661. The van der Waals surface area contributed by atoms with Gasteiger partial charge in [-0.05, 0) is 105 Å². The Morgan fingerprint density at radius 1 is 0.324 bits per heavy atom. The van der Waals surface area contributed by atoms with E-state index in [2.05, 4.69) is 21.3 Å². The zero-order valence-corrected chi connectivity index (χ0v) is 38.8.